The molecule has 0 saturated carbocycles. The van der Waals surface area contributed by atoms with E-state index in [1.54, 1.807) is 18.0 Å². The molecule has 3 rings (SSSR count). The fourth-order valence-electron chi connectivity index (χ4n) is 2.37. The maximum atomic E-state index is 5.23. The Morgan fingerprint density at radius 2 is 1.96 bits per heavy atom. The van der Waals surface area contributed by atoms with E-state index in [2.05, 4.69) is 32.3 Å². The molecule has 0 aliphatic carbocycles. The van der Waals surface area contributed by atoms with Gasteiger partial charge in [-0.3, -0.25) is 4.98 Å². The molecule has 2 heterocycles. The first-order valence-electron chi connectivity index (χ1n) is 7.77. The highest BCUT2D eigenvalue weighted by molar-refractivity contribution is 5.42. The van der Waals surface area contributed by atoms with Gasteiger partial charge >= 0.3 is 0 Å². The molecule has 0 aliphatic rings. The molecule has 24 heavy (non-hydrogen) atoms. The quantitative estimate of drug-likeness (QED) is 0.662. The van der Waals surface area contributed by atoms with E-state index in [0.29, 0.717) is 25.6 Å². The van der Waals surface area contributed by atoms with Crippen molar-refractivity contribution in [2.45, 2.75) is 13.5 Å². The topological polar surface area (TPSA) is 69.0 Å². The zero-order valence-electron chi connectivity index (χ0n) is 13.8. The van der Waals surface area contributed by atoms with Gasteiger partial charge in [0.25, 0.3) is 5.95 Å². The van der Waals surface area contributed by atoms with Crippen molar-refractivity contribution in [1.29, 1.82) is 0 Å². The van der Waals surface area contributed by atoms with Crippen molar-refractivity contribution < 1.29 is 4.74 Å². The molecule has 7 nitrogen and oxygen atoms in total. The number of hydrogen-bond donors (Lipinski definition) is 0. The Kier molecular flexibility index (Phi) is 5.12. The van der Waals surface area contributed by atoms with Crippen molar-refractivity contribution in [2.24, 2.45) is 0 Å². The van der Waals surface area contributed by atoms with Gasteiger partial charge < -0.3 is 9.64 Å². The number of ether oxygens (including phenoxy) is 1. The third-order valence-corrected chi connectivity index (χ3v) is 3.66. The summed E-state index contributed by atoms with van der Waals surface area (Å²) in [4.78, 5) is 6.45. The van der Waals surface area contributed by atoms with Gasteiger partial charge in [0.1, 0.15) is 0 Å². The van der Waals surface area contributed by atoms with Crippen LogP contribution < -0.4 is 4.90 Å². The van der Waals surface area contributed by atoms with E-state index in [-0.39, 0.29) is 0 Å². The zero-order valence-corrected chi connectivity index (χ0v) is 13.8. The van der Waals surface area contributed by atoms with Gasteiger partial charge in [-0.1, -0.05) is 28.9 Å². The minimum absolute atomic E-state index is 0.577. The van der Waals surface area contributed by atoms with Gasteiger partial charge in [-0.05, 0) is 41.6 Å². The van der Waals surface area contributed by atoms with Crippen LogP contribution in [-0.2, 0) is 11.3 Å². The van der Waals surface area contributed by atoms with Crippen molar-refractivity contribution in [2.75, 3.05) is 25.2 Å². The number of methoxy groups -OCH3 is 1. The second-order valence-electron chi connectivity index (χ2n) is 5.46. The molecule has 0 spiro atoms. The molecule has 0 fully saturated rings. The largest absolute Gasteiger partial charge is 0.383 e. The first-order chi connectivity index (χ1) is 11.8. The summed E-state index contributed by atoms with van der Waals surface area (Å²) in [5.41, 5.74) is 3.06. The van der Waals surface area contributed by atoms with Crippen LogP contribution in [0.15, 0.2) is 48.7 Å². The number of aryl methyl sites for hydroxylation is 1. The van der Waals surface area contributed by atoms with Crippen LogP contribution in [0.2, 0.25) is 0 Å². The summed E-state index contributed by atoms with van der Waals surface area (Å²) >= 11 is 0. The molecule has 2 aromatic heterocycles. The molecule has 3 aromatic rings. The molecule has 0 saturated heterocycles. The Morgan fingerprint density at radius 1 is 1.12 bits per heavy atom. The van der Waals surface area contributed by atoms with Crippen LogP contribution in [0.25, 0.3) is 5.69 Å². The highest BCUT2D eigenvalue weighted by Crippen LogP contribution is 2.17. The molecule has 7 heteroatoms. The molecule has 0 bridgehead atoms. The summed E-state index contributed by atoms with van der Waals surface area (Å²) in [6, 6.07) is 14.0. The Hall–Kier alpha value is -2.80. The zero-order chi connectivity index (χ0) is 16.8. The van der Waals surface area contributed by atoms with Gasteiger partial charge in [-0.15, -0.1) is 0 Å². The molecule has 0 unspecified atom stereocenters. The normalized spacial score (nSPS) is 10.8. The summed E-state index contributed by atoms with van der Waals surface area (Å²) in [5, 5.41) is 12.2. The third kappa shape index (κ3) is 3.75. The second-order valence-corrected chi connectivity index (χ2v) is 5.46. The molecule has 0 N–H and O–H groups in total. The molecule has 0 radical (unpaired) electrons. The van der Waals surface area contributed by atoms with Crippen molar-refractivity contribution in [3.05, 3.63) is 59.9 Å². The number of tetrazole rings is 1. The molecule has 0 aliphatic heterocycles. The Morgan fingerprint density at radius 3 is 2.67 bits per heavy atom. The minimum atomic E-state index is 0.577. The smallest absolute Gasteiger partial charge is 0.250 e. The first-order valence-corrected chi connectivity index (χ1v) is 7.77. The summed E-state index contributed by atoms with van der Waals surface area (Å²) in [5.74, 6) is 0.668. The summed E-state index contributed by atoms with van der Waals surface area (Å²) in [6.07, 6.45) is 1.78. The highest BCUT2D eigenvalue weighted by atomic mass is 16.5. The number of nitrogens with zero attached hydrogens (tertiary/aromatic N) is 6. The Bertz CT molecular complexity index is 756. The summed E-state index contributed by atoms with van der Waals surface area (Å²) in [6.45, 7) is 3.90. The van der Waals surface area contributed by atoms with E-state index >= 15 is 0 Å². The molecular formula is C17H20N6O. The highest BCUT2D eigenvalue weighted by Gasteiger charge is 2.17. The van der Waals surface area contributed by atoms with Crippen LogP contribution in [0.4, 0.5) is 5.95 Å². The number of aromatic nitrogens is 5. The number of rotatable bonds is 7. The van der Waals surface area contributed by atoms with Crippen LogP contribution in [-0.4, -0.2) is 45.5 Å². The van der Waals surface area contributed by atoms with E-state index < -0.39 is 0 Å². The third-order valence-electron chi connectivity index (χ3n) is 3.66. The monoisotopic (exact) mass is 324 g/mol. The SMILES string of the molecule is COCCN(Cc1ccccn1)c1nnnn1-c1ccc(C)cc1. The van der Waals surface area contributed by atoms with E-state index in [4.69, 9.17) is 4.74 Å². The summed E-state index contributed by atoms with van der Waals surface area (Å²) < 4.78 is 6.96. The van der Waals surface area contributed by atoms with Crippen LogP contribution in [0.1, 0.15) is 11.3 Å². The minimum Gasteiger partial charge on any atom is -0.383 e. The fourth-order valence-corrected chi connectivity index (χ4v) is 2.37. The lowest BCUT2D eigenvalue weighted by Gasteiger charge is -2.22. The Balaban J connectivity index is 1.90. The predicted molar refractivity (Wildman–Crippen MR) is 91.1 cm³/mol. The second kappa shape index (κ2) is 7.65. The van der Waals surface area contributed by atoms with E-state index in [9.17, 15) is 0 Å². The van der Waals surface area contributed by atoms with Crippen molar-refractivity contribution in [3.8, 4) is 5.69 Å². The number of benzene rings is 1. The lowest BCUT2D eigenvalue weighted by molar-refractivity contribution is 0.204. The molecule has 1 aromatic carbocycles. The summed E-state index contributed by atoms with van der Waals surface area (Å²) in [7, 11) is 1.68. The number of hydrogen-bond acceptors (Lipinski definition) is 6. The van der Waals surface area contributed by atoms with Gasteiger partial charge in [-0.25, -0.2) is 0 Å². The fraction of sp³-hybridized carbons (Fsp3) is 0.294. The number of anilines is 1. The number of pyridine rings is 1. The Labute approximate surface area is 140 Å². The van der Waals surface area contributed by atoms with Gasteiger partial charge in [-0.2, -0.15) is 4.68 Å². The van der Waals surface area contributed by atoms with Crippen LogP contribution in [0, 0.1) is 6.92 Å². The first kappa shape index (κ1) is 16.1. The van der Waals surface area contributed by atoms with Gasteiger partial charge in [0.15, 0.2) is 0 Å². The maximum Gasteiger partial charge on any atom is 0.250 e. The lowest BCUT2D eigenvalue weighted by Crippen LogP contribution is -2.30. The van der Waals surface area contributed by atoms with E-state index in [1.807, 2.05) is 42.5 Å². The molecular weight excluding hydrogens is 304 g/mol. The predicted octanol–water partition coefficient (Wildman–Crippen LogP) is 2.02. The van der Waals surface area contributed by atoms with Crippen LogP contribution >= 0.6 is 0 Å². The average molecular weight is 324 g/mol. The average Bonchev–Trinajstić information content (AvgIpc) is 3.10. The van der Waals surface area contributed by atoms with Gasteiger partial charge in [0.05, 0.1) is 24.5 Å². The maximum absolute atomic E-state index is 5.23. The van der Waals surface area contributed by atoms with E-state index in [0.717, 1.165) is 11.4 Å². The van der Waals surface area contributed by atoms with Gasteiger partial charge in [0, 0.05) is 19.9 Å². The molecule has 0 atom stereocenters. The molecule has 124 valence electrons. The van der Waals surface area contributed by atoms with Crippen molar-refractivity contribution in [1.82, 2.24) is 25.2 Å². The van der Waals surface area contributed by atoms with Crippen molar-refractivity contribution >= 4 is 5.95 Å². The standard InChI is InChI=1S/C17H20N6O/c1-14-6-8-16(9-7-14)23-17(19-20-21-23)22(11-12-24-2)13-15-5-3-4-10-18-15/h3-10H,11-13H2,1-2H3. The molecule has 0 amide bonds. The van der Waals surface area contributed by atoms with Crippen molar-refractivity contribution in [3.63, 3.8) is 0 Å². The van der Waals surface area contributed by atoms with Gasteiger partial charge in [0.2, 0.25) is 0 Å². The lowest BCUT2D eigenvalue weighted by atomic mass is 10.2. The van der Waals surface area contributed by atoms with E-state index in [1.165, 1.54) is 5.56 Å². The van der Waals surface area contributed by atoms with Crippen LogP contribution in [0.5, 0.6) is 0 Å². The van der Waals surface area contributed by atoms with Crippen LogP contribution in [0.3, 0.4) is 0 Å².